The van der Waals surface area contributed by atoms with Crippen LogP contribution in [0.3, 0.4) is 0 Å². The number of rotatable bonds is 32. The van der Waals surface area contributed by atoms with Crippen molar-refractivity contribution >= 4 is 143 Å². The summed E-state index contributed by atoms with van der Waals surface area (Å²) in [6, 6.07) is 57.4. The molecule has 2 heterocycles. The van der Waals surface area contributed by atoms with E-state index >= 15 is 19.2 Å². The van der Waals surface area contributed by atoms with E-state index < -0.39 is 23.6 Å². The first kappa shape index (κ1) is 85.5. The molecule has 126 heavy (non-hydrogen) atoms. The number of methoxy groups -OCH3 is 2. The second kappa shape index (κ2) is 36.5. The highest BCUT2D eigenvalue weighted by molar-refractivity contribution is 6.47. The normalized spacial score (nSPS) is 12.9. The zero-order chi connectivity index (χ0) is 87.9. The van der Waals surface area contributed by atoms with Crippen molar-refractivity contribution in [3.63, 3.8) is 0 Å². The average Bonchev–Trinajstić information content (AvgIpc) is 0.676. The highest BCUT2D eigenvalue weighted by Gasteiger charge is 2.42. The van der Waals surface area contributed by atoms with Gasteiger partial charge in [-0.05, 0) is 244 Å². The molecule has 0 saturated carbocycles. The molecule has 17 rings (SSSR count). The molecule has 15 aromatic carbocycles. The Kier molecular flexibility index (Phi) is 24.8. The van der Waals surface area contributed by atoms with Crippen molar-refractivity contribution < 1.29 is 47.6 Å². The number of hydrogen-bond donors (Lipinski definition) is 0. The molecule has 0 aliphatic carbocycles. The fourth-order valence-corrected chi connectivity index (χ4v) is 19.6. The van der Waals surface area contributed by atoms with E-state index in [-0.39, 0.29) is 23.7 Å². The van der Waals surface area contributed by atoms with Crippen LogP contribution in [0.4, 0.5) is 11.4 Å². The first-order valence-corrected chi connectivity index (χ1v) is 46.2. The summed E-state index contributed by atoms with van der Waals surface area (Å²) in [6.07, 6.45) is 17.3. The molecule has 0 atom stereocenters. The van der Waals surface area contributed by atoms with Crippen molar-refractivity contribution in [2.45, 2.75) is 209 Å². The van der Waals surface area contributed by atoms with Gasteiger partial charge in [0, 0.05) is 54.6 Å². The van der Waals surface area contributed by atoms with Crippen molar-refractivity contribution in [1.82, 2.24) is 0 Å². The number of hydrogen-bond acceptors (Lipinski definition) is 10. The summed E-state index contributed by atoms with van der Waals surface area (Å²) in [5.41, 5.74) is 8.00. The molecule has 0 bridgehead atoms. The fourth-order valence-electron chi connectivity index (χ4n) is 19.6. The average molecular weight is 1670 g/mol. The van der Waals surface area contributed by atoms with Gasteiger partial charge in [0.25, 0.3) is 23.6 Å². The van der Waals surface area contributed by atoms with Crippen LogP contribution in [0.25, 0.3) is 108 Å². The van der Waals surface area contributed by atoms with Gasteiger partial charge >= 0.3 is 0 Å². The molecule has 0 fully saturated rings. The summed E-state index contributed by atoms with van der Waals surface area (Å²) in [7, 11) is 3.34. The van der Waals surface area contributed by atoms with Crippen LogP contribution in [0.15, 0.2) is 170 Å². The van der Waals surface area contributed by atoms with Crippen LogP contribution in [0.5, 0.6) is 34.5 Å². The zero-order valence-corrected chi connectivity index (χ0v) is 75.6. The standard InChI is InChI=1S/C114H114N2O10/c1-15-19-23-27-53-123-75-41-45-83-85-47-43-77(125-55-29-25-21-17-3)63-95(85)97-65-101(121-13)71(57-91(97)93(83)61-75)37-39-73-59-99-105-89(111(117)115(113(99)119)109-79(67(5)6)33-31-34-80(109)68(7)8)52-50-88-104-74(60-100-106-90(51-49-87(108(104)106)103(73)107(88)105)112(118)116(114(100)120)110-81(69(9)10)35-32-36-82(110)70(11)12)40-38-72-58-92-94-62-76(124-54-28-24-20-16-2)42-46-84(94)86-48-44-78(126-56-30-26-22-18-4)64-96(86)98(92)66-102(72)122-14/h31-36,41-52,57-70H,15-30,53-56H2,1-14H3. The van der Waals surface area contributed by atoms with Gasteiger partial charge in [-0.25, -0.2) is 9.80 Å². The molecule has 15 aromatic rings. The molecule has 640 valence electrons. The second-order valence-corrected chi connectivity index (χ2v) is 35.8. The van der Waals surface area contributed by atoms with Crippen LogP contribution >= 0.6 is 0 Å². The third-order valence-electron chi connectivity index (χ3n) is 26.1. The molecule has 0 N–H and O–H groups in total. The Labute approximate surface area is 740 Å². The van der Waals surface area contributed by atoms with Crippen LogP contribution in [0.1, 0.15) is 295 Å². The van der Waals surface area contributed by atoms with E-state index in [0.717, 1.165) is 213 Å². The van der Waals surface area contributed by atoms with Gasteiger partial charge in [-0.3, -0.25) is 19.2 Å². The van der Waals surface area contributed by atoms with E-state index in [1.165, 1.54) is 9.80 Å². The zero-order valence-electron chi connectivity index (χ0n) is 75.6. The van der Waals surface area contributed by atoms with Gasteiger partial charge in [0.1, 0.15) is 34.5 Å². The van der Waals surface area contributed by atoms with E-state index in [4.69, 9.17) is 28.4 Å². The Morgan fingerprint density at radius 1 is 0.262 bits per heavy atom. The van der Waals surface area contributed by atoms with Crippen LogP contribution in [-0.2, 0) is 0 Å². The minimum atomic E-state index is -0.487. The lowest BCUT2D eigenvalue weighted by Crippen LogP contribution is -2.42. The summed E-state index contributed by atoms with van der Waals surface area (Å²) in [6.45, 7) is 28.0. The SMILES string of the molecule is CCCCCCOc1ccc2c3ccc(OCCCCCC)cc3c3cc(OC)c(C#Cc4cc5c6c(ccc7c8c(C#Cc9cc%10c%11cc(OCCCCCC)ccc%11c%11ccc(OCCCCCC)cc%11c%10cc9OC)cc9c%10c(ccc(c4c67)c%108)C(=O)N(c4c(C(C)C)cccc4C(C)C)C9=O)C(=O)N(c4c(C(C)C)cccc4C(C)C)C5=O)cc3c2c1. The minimum Gasteiger partial charge on any atom is -0.495 e. The molecule has 0 saturated heterocycles. The van der Waals surface area contributed by atoms with Crippen LogP contribution in [-0.4, -0.2) is 64.3 Å². The molecule has 4 amide bonds. The lowest BCUT2D eigenvalue weighted by atomic mass is 9.79. The Morgan fingerprint density at radius 2 is 0.532 bits per heavy atom. The van der Waals surface area contributed by atoms with Crippen molar-refractivity contribution in [3.8, 4) is 58.2 Å². The van der Waals surface area contributed by atoms with Gasteiger partial charge in [0.05, 0.1) is 74.3 Å². The Morgan fingerprint density at radius 3 is 0.817 bits per heavy atom. The quantitative estimate of drug-likeness (QED) is 0.0132. The van der Waals surface area contributed by atoms with E-state index in [1.54, 1.807) is 14.2 Å². The lowest BCUT2D eigenvalue weighted by Gasteiger charge is -2.34. The molecule has 0 unspecified atom stereocenters. The highest BCUT2D eigenvalue weighted by Crippen LogP contribution is 2.53. The Hall–Kier alpha value is -12.6. The minimum absolute atomic E-state index is 0.0645. The summed E-state index contributed by atoms with van der Waals surface area (Å²) < 4.78 is 39.2. The maximum absolute atomic E-state index is 16.7. The fraction of sp³-hybridized carbons (Fsp3) is 0.333. The van der Waals surface area contributed by atoms with Gasteiger partial charge in [0.2, 0.25) is 0 Å². The number of carbonyl (C=O) groups is 4. The third kappa shape index (κ3) is 15.5. The van der Waals surface area contributed by atoms with Crippen molar-refractivity contribution in [3.05, 3.63) is 237 Å². The van der Waals surface area contributed by atoms with Gasteiger partial charge in [-0.1, -0.05) is 257 Å². The van der Waals surface area contributed by atoms with Gasteiger partial charge in [-0.15, -0.1) is 0 Å². The topological polar surface area (TPSA) is 130 Å². The first-order chi connectivity index (χ1) is 61.3. The molecule has 0 radical (unpaired) electrons. The number of ether oxygens (including phenoxy) is 6. The van der Waals surface area contributed by atoms with Crippen LogP contribution in [0, 0.1) is 23.7 Å². The maximum atomic E-state index is 16.7. The predicted molar refractivity (Wildman–Crippen MR) is 521 cm³/mol. The number of fused-ring (bicyclic) bond motifs is 14. The summed E-state index contributed by atoms with van der Waals surface area (Å²) in [4.78, 5) is 68.9. The number of imide groups is 2. The smallest absolute Gasteiger partial charge is 0.266 e. The van der Waals surface area contributed by atoms with Crippen molar-refractivity contribution in [2.24, 2.45) is 0 Å². The molecule has 0 aromatic heterocycles. The molecule has 12 nitrogen and oxygen atoms in total. The Balaban J connectivity index is 0.952. The number of nitrogens with zero attached hydrogens (tertiary/aromatic N) is 2. The van der Waals surface area contributed by atoms with E-state index in [9.17, 15) is 0 Å². The van der Waals surface area contributed by atoms with Crippen molar-refractivity contribution in [2.75, 3.05) is 50.4 Å². The number of unbranched alkanes of at least 4 members (excludes halogenated alkanes) is 12. The van der Waals surface area contributed by atoms with E-state index in [1.807, 2.05) is 72.8 Å². The monoisotopic (exact) mass is 1670 g/mol. The number of anilines is 2. The molecule has 2 aliphatic rings. The summed E-state index contributed by atoms with van der Waals surface area (Å²) >= 11 is 0. The van der Waals surface area contributed by atoms with Gasteiger partial charge in [-0.2, -0.15) is 0 Å². The van der Waals surface area contributed by atoms with E-state index in [0.29, 0.717) is 137 Å². The van der Waals surface area contributed by atoms with Crippen LogP contribution in [0.2, 0.25) is 0 Å². The predicted octanol–water partition coefficient (Wildman–Crippen LogP) is 29.4. The molecule has 2 aliphatic heterocycles. The van der Waals surface area contributed by atoms with Crippen molar-refractivity contribution in [1.29, 1.82) is 0 Å². The number of para-hydroxylation sites is 2. The molecule has 0 spiro atoms. The first-order valence-electron chi connectivity index (χ1n) is 46.2. The molecular weight excluding hydrogens is 1560 g/mol. The molecular formula is C114H114N2O10. The van der Waals surface area contributed by atoms with Gasteiger partial charge < -0.3 is 28.4 Å². The summed E-state index contributed by atoms with van der Waals surface area (Å²) in [5.74, 6) is 16.9. The van der Waals surface area contributed by atoms with E-state index in [2.05, 4.69) is 204 Å². The van der Waals surface area contributed by atoms with Gasteiger partial charge in [0.15, 0.2) is 0 Å². The van der Waals surface area contributed by atoms with Crippen LogP contribution < -0.4 is 38.2 Å². The second-order valence-electron chi connectivity index (χ2n) is 35.8. The third-order valence-corrected chi connectivity index (χ3v) is 26.1. The Bertz CT molecular complexity index is 6550. The lowest BCUT2D eigenvalue weighted by molar-refractivity contribution is 0.0877. The summed E-state index contributed by atoms with van der Waals surface area (Å²) in [5, 5.41) is 16.6. The number of benzene rings is 15. The number of carbonyl (C=O) groups excluding carboxylic acids is 4. The molecule has 12 heteroatoms. The largest absolute Gasteiger partial charge is 0.495 e. The number of amides is 4. The highest BCUT2D eigenvalue weighted by atomic mass is 16.5. The maximum Gasteiger partial charge on any atom is 0.266 e.